The number of nitrogens with zero attached hydrogens (tertiary/aromatic N) is 3. The summed E-state index contributed by atoms with van der Waals surface area (Å²) in [5.74, 6) is 1.85. The van der Waals surface area contributed by atoms with Crippen LogP contribution in [0.4, 0.5) is 0 Å². The third-order valence-corrected chi connectivity index (χ3v) is 4.31. The lowest BCUT2D eigenvalue weighted by atomic mass is 10.1. The van der Waals surface area contributed by atoms with Gasteiger partial charge in [0.05, 0.1) is 5.33 Å². The predicted molar refractivity (Wildman–Crippen MR) is 85.5 cm³/mol. The van der Waals surface area contributed by atoms with Gasteiger partial charge in [-0.2, -0.15) is 0 Å². The molecule has 0 fully saturated rings. The second-order valence-electron chi connectivity index (χ2n) is 5.54. The van der Waals surface area contributed by atoms with E-state index >= 15 is 0 Å². The van der Waals surface area contributed by atoms with E-state index in [4.69, 9.17) is 0 Å². The molecule has 5 heteroatoms. The number of rotatable bonds is 2. The zero-order valence-corrected chi connectivity index (χ0v) is 14.7. The zero-order chi connectivity index (χ0) is 14.2. The molecule has 19 heavy (non-hydrogen) atoms. The molecule has 1 heterocycles. The van der Waals surface area contributed by atoms with E-state index in [1.165, 1.54) is 5.56 Å². The van der Waals surface area contributed by atoms with Gasteiger partial charge in [0.25, 0.3) is 0 Å². The monoisotopic (exact) mass is 385 g/mol. The van der Waals surface area contributed by atoms with Gasteiger partial charge >= 0.3 is 0 Å². The molecule has 0 unspecified atom stereocenters. The molecule has 0 N–H and O–H groups in total. The highest BCUT2D eigenvalue weighted by atomic mass is 79.9. The highest BCUT2D eigenvalue weighted by Crippen LogP contribution is 2.29. The second kappa shape index (κ2) is 5.37. The molecule has 0 amide bonds. The predicted octanol–water partition coefficient (Wildman–Crippen LogP) is 4.67. The van der Waals surface area contributed by atoms with Gasteiger partial charge in [-0.05, 0) is 39.3 Å². The van der Waals surface area contributed by atoms with E-state index in [1.807, 2.05) is 0 Å². The molecule has 2 rings (SSSR count). The summed E-state index contributed by atoms with van der Waals surface area (Å²) in [5.41, 5.74) is 2.23. The van der Waals surface area contributed by atoms with Crippen molar-refractivity contribution in [1.29, 1.82) is 0 Å². The maximum Gasteiger partial charge on any atom is 0.164 e. The summed E-state index contributed by atoms with van der Waals surface area (Å²) >= 11 is 7.06. The average Bonchev–Trinajstić information content (AvgIpc) is 2.76. The Kier molecular flexibility index (Phi) is 4.16. The minimum atomic E-state index is -0.0563. The summed E-state index contributed by atoms with van der Waals surface area (Å²) < 4.78 is 3.27. The Morgan fingerprint density at radius 1 is 1.21 bits per heavy atom. The molecule has 0 aliphatic rings. The largest absolute Gasteiger partial charge is 0.305 e. The fourth-order valence-electron chi connectivity index (χ4n) is 2.03. The Morgan fingerprint density at radius 2 is 1.89 bits per heavy atom. The van der Waals surface area contributed by atoms with Crippen molar-refractivity contribution in [2.45, 2.75) is 38.6 Å². The lowest BCUT2D eigenvalue weighted by Gasteiger charge is -2.24. The van der Waals surface area contributed by atoms with Crippen LogP contribution in [0.5, 0.6) is 0 Å². The van der Waals surface area contributed by atoms with Crippen LogP contribution < -0.4 is 0 Å². The molecule has 0 aliphatic heterocycles. The van der Waals surface area contributed by atoms with Crippen molar-refractivity contribution in [2.75, 3.05) is 0 Å². The number of alkyl halides is 1. The molecular weight excluding hydrogens is 370 g/mol. The quantitative estimate of drug-likeness (QED) is 0.702. The summed E-state index contributed by atoms with van der Waals surface area (Å²) in [6.07, 6.45) is 0. The van der Waals surface area contributed by atoms with E-state index < -0.39 is 0 Å². The van der Waals surface area contributed by atoms with Gasteiger partial charge in [0, 0.05) is 15.6 Å². The van der Waals surface area contributed by atoms with Crippen molar-refractivity contribution in [1.82, 2.24) is 14.8 Å². The van der Waals surface area contributed by atoms with Gasteiger partial charge in [0.15, 0.2) is 5.82 Å². The van der Waals surface area contributed by atoms with Gasteiger partial charge in [0.1, 0.15) is 5.82 Å². The van der Waals surface area contributed by atoms with Crippen molar-refractivity contribution in [3.05, 3.63) is 34.1 Å². The second-order valence-corrected chi connectivity index (χ2v) is 6.96. The smallest absolute Gasteiger partial charge is 0.164 e. The summed E-state index contributed by atoms with van der Waals surface area (Å²) in [6, 6.07) is 6.28. The van der Waals surface area contributed by atoms with Crippen molar-refractivity contribution in [2.24, 2.45) is 0 Å². The van der Waals surface area contributed by atoms with Crippen LogP contribution in [0.3, 0.4) is 0 Å². The van der Waals surface area contributed by atoms with Crippen molar-refractivity contribution < 1.29 is 0 Å². The van der Waals surface area contributed by atoms with E-state index in [2.05, 4.69) is 92.5 Å². The number of hydrogen-bond donors (Lipinski definition) is 0. The van der Waals surface area contributed by atoms with Crippen LogP contribution in [-0.2, 0) is 10.9 Å². The molecule has 0 saturated carbocycles. The number of hydrogen-bond acceptors (Lipinski definition) is 2. The fourth-order valence-corrected chi connectivity index (χ4v) is 2.77. The number of aryl methyl sites for hydroxylation is 1. The van der Waals surface area contributed by atoms with Crippen LogP contribution in [0.1, 0.15) is 32.2 Å². The Bertz CT molecular complexity index is 597. The molecule has 0 radical (unpaired) electrons. The first-order chi connectivity index (χ1) is 8.84. The molecule has 3 nitrogen and oxygen atoms in total. The third kappa shape index (κ3) is 2.92. The van der Waals surface area contributed by atoms with E-state index in [-0.39, 0.29) is 5.54 Å². The Labute approximate surface area is 130 Å². The molecule has 0 atom stereocenters. The van der Waals surface area contributed by atoms with Crippen LogP contribution in [0.2, 0.25) is 0 Å². The SMILES string of the molecule is Cc1ccc(-c2nnc(CBr)n2C(C)(C)C)cc1Br. The zero-order valence-electron chi connectivity index (χ0n) is 11.5. The Hall–Kier alpha value is -0.680. The molecule has 0 bridgehead atoms. The fraction of sp³-hybridized carbons (Fsp3) is 0.429. The van der Waals surface area contributed by atoms with Gasteiger partial charge < -0.3 is 4.57 Å². The third-order valence-electron chi connectivity index (χ3n) is 2.95. The summed E-state index contributed by atoms with van der Waals surface area (Å²) in [6.45, 7) is 8.56. The molecule has 0 saturated heterocycles. The van der Waals surface area contributed by atoms with Crippen LogP contribution in [0.25, 0.3) is 11.4 Å². The van der Waals surface area contributed by atoms with Crippen molar-refractivity contribution in [3.8, 4) is 11.4 Å². The van der Waals surface area contributed by atoms with E-state index in [0.717, 1.165) is 21.7 Å². The summed E-state index contributed by atoms with van der Waals surface area (Å²) in [4.78, 5) is 0. The lowest BCUT2D eigenvalue weighted by Crippen LogP contribution is -2.24. The molecule has 0 spiro atoms. The van der Waals surface area contributed by atoms with Gasteiger partial charge in [-0.3, -0.25) is 0 Å². The van der Waals surface area contributed by atoms with Gasteiger partial charge in [-0.15, -0.1) is 10.2 Å². The average molecular weight is 387 g/mol. The van der Waals surface area contributed by atoms with Crippen LogP contribution in [-0.4, -0.2) is 14.8 Å². The first kappa shape index (κ1) is 14.7. The highest BCUT2D eigenvalue weighted by Gasteiger charge is 2.23. The van der Waals surface area contributed by atoms with Crippen LogP contribution in [0, 0.1) is 6.92 Å². The minimum absolute atomic E-state index is 0.0563. The number of halogens is 2. The van der Waals surface area contributed by atoms with Gasteiger partial charge in [-0.25, -0.2) is 0 Å². The highest BCUT2D eigenvalue weighted by molar-refractivity contribution is 9.10. The molecule has 1 aromatic heterocycles. The minimum Gasteiger partial charge on any atom is -0.305 e. The molecule has 102 valence electrons. The first-order valence-corrected chi connectivity index (χ1v) is 8.03. The van der Waals surface area contributed by atoms with Crippen LogP contribution in [0.15, 0.2) is 22.7 Å². The van der Waals surface area contributed by atoms with E-state index in [9.17, 15) is 0 Å². The summed E-state index contributed by atoms with van der Waals surface area (Å²) in [5, 5.41) is 9.34. The van der Waals surface area contributed by atoms with Gasteiger partial charge in [-0.1, -0.05) is 44.0 Å². The van der Waals surface area contributed by atoms with E-state index in [1.54, 1.807) is 0 Å². The maximum atomic E-state index is 4.36. The van der Waals surface area contributed by atoms with Crippen molar-refractivity contribution >= 4 is 31.9 Å². The number of aromatic nitrogens is 3. The first-order valence-electron chi connectivity index (χ1n) is 6.12. The standard InChI is InChI=1S/C14H17Br2N3/c1-9-5-6-10(7-11(9)16)13-18-17-12(8-15)19(13)14(2,3)4/h5-7H,8H2,1-4H3. The lowest BCUT2D eigenvalue weighted by molar-refractivity contribution is 0.391. The molecule has 1 aromatic carbocycles. The van der Waals surface area contributed by atoms with E-state index in [0.29, 0.717) is 5.33 Å². The summed E-state index contributed by atoms with van der Waals surface area (Å²) in [7, 11) is 0. The van der Waals surface area contributed by atoms with Crippen molar-refractivity contribution in [3.63, 3.8) is 0 Å². The maximum absolute atomic E-state index is 4.36. The van der Waals surface area contributed by atoms with Crippen LogP contribution >= 0.6 is 31.9 Å². The topological polar surface area (TPSA) is 30.7 Å². The molecule has 2 aromatic rings. The Balaban J connectivity index is 2.62. The molecule has 0 aliphatic carbocycles. The number of benzene rings is 1. The normalized spacial score (nSPS) is 11.9. The molecular formula is C14H17Br2N3. The Morgan fingerprint density at radius 3 is 2.42 bits per heavy atom. The van der Waals surface area contributed by atoms with Gasteiger partial charge in [0.2, 0.25) is 0 Å².